The highest BCUT2D eigenvalue weighted by Crippen LogP contribution is 2.32. The van der Waals surface area contributed by atoms with Crippen molar-refractivity contribution in [1.29, 1.82) is 0 Å². The third-order valence-electron chi connectivity index (χ3n) is 3.65. The van der Waals surface area contributed by atoms with Gasteiger partial charge >= 0.3 is 6.03 Å². The van der Waals surface area contributed by atoms with Crippen LogP contribution in [0.1, 0.15) is 5.69 Å². The fourth-order valence-electron chi connectivity index (χ4n) is 2.50. The fraction of sp³-hybridized carbons (Fsp3) is 0.200. The third kappa shape index (κ3) is 2.73. The molecular weight excluding hydrogens is 328 g/mol. The molecule has 2 aromatic heterocycles. The first-order chi connectivity index (χ1) is 12.1. The van der Waals surface area contributed by atoms with E-state index in [1.807, 2.05) is 0 Å². The molecule has 0 bridgehead atoms. The van der Waals surface area contributed by atoms with Crippen LogP contribution in [-0.2, 0) is 0 Å². The maximum atomic E-state index is 12.4. The highest BCUT2D eigenvalue weighted by Gasteiger charge is 2.16. The lowest BCUT2D eigenvalue weighted by atomic mass is 10.2. The quantitative estimate of drug-likeness (QED) is 0.642. The molecule has 0 saturated carbocycles. The molecule has 1 aliphatic heterocycles. The van der Waals surface area contributed by atoms with Crippen molar-refractivity contribution < 1.29 is 14.3 Å². The highest BCUT2D eigenvalue weighted by atomic mass is 16.6. The van der Waals surface area contributed by atoms with Crippen LogP contribution in [-0.4, -0.2) is 38.8 Å². The average Bonchev–Trinajstić information content (AvgIpc) is 3.07. The number of rotatable bonds is 2. The molecule has 3 heterocycles. The van der Waals surface area contributed by atoms with Gasteiger partial charge in [0.2, 0.25) is 0 Å². The SMILES string of the molecule is Cc1nc2nc[nH]n2c(=O)c1NC(=O)Nc1ccc2c(c1)OCCO2. The maximum Gasteiger partial charge on any atom is 0.323 e. The predicted octanol–water partition coefficient (Wildman–Crippen LogP) is 1.14. The summed E-state index contributed by atoms with van der Waals surface area (Å²) in [5.74, 6) is 1.42. The van der Waals surface area contributed by atoms with E-state index in [0.29, 0.717) is 36.1 Å². The van der Waals surface area contributed by atoms with Gasteiger partial charge in [-0.25, -0.2) is 14.8 Å². The highest BCUT2D eigenvalue weighted by molar-refractivity contribution is 6.00. The Morgan fingerprint density at radius 1 is 1.24 bits per heavy atom. The Balaban J connectivity index is 1.56. The second-order valence-corrected chi connectivity index (χ2v) is 5.34. The lowest BCUT2D eigenvalue weighted by Crippen LogP contribution is -2.28. The minimum atomic E-state index is -0.571. The number of aromatic amines is 1. The molecule has 0 saturated heterocycles. The number of carbonyl (C=O) groups is 1. The first kappa shape index (κ1) is 15.0. The number of hydrogen-bond donors (Lipinski definition) is 3. The summed E-state index contributed by atoms with van der Waals surface area (Å²) in [4.78, 5) is 32.7. The molecule has 0 fully saturated rings. The third-order valence-corrected chi connectivity index (χ3v) is 3.65. The Labute approximate surface area is 140 Å². The molecule has 25 heavy (non-hydrogen) atoms. The smallest absolute Gasteiger partial charge is 0.323 e. The van der Waals surface area contributed by atoms with E-state index in [9.17, 15) is 9.59 Å². The summed E-state index contributed by atoms with van der Waals surface area (Å²) in [6.07, 6.45) is 1.35. The number of nitrogens with one attached hydrogen (secondary N) is 3. The minimum absolute atomic E-state index is 0.0665. The molecule has 1 aromatic carbocycles. The van der Waals surface area contributed by atoms with Gasteiger partial charge < -0.3 is 20.1 Å². The molecule has 128 valence electrons. The summed E-state index contributed by atoms with van der Waals surface area (Å²) in [5.41, 5.74) is 0.499. The van der Waals surface area contributed by atoms with E-state index in [4.69, 9.17) is 9.47 Å². The van der Waals surface area contributed by atoms with Gasteiger partial charge in [0, 0.05) is 11.8 Å². The number of aromatic nitrogens is 4. The lowest BCUT2D eigenvalue weighted by molar-refractivity contribution is 0.171. The van der Waals surface area contributed by atoms with Gasteiger partial charge in [0.1, 0.15) is 25.2 Å². The number of ether oxygens (including phenoxy) is 2. The summed E-state index contributed by atoms with van der Waals surface area (Å²) in [7, 11) is 0. The van der Waals surface area contributed by atoms with Crippen molar-refractivity contribution in [2.75, 3.05) is 23.8 Å². The number of anilines is 2. The van der Waals surface area contributed by atoms with Gasteiger partial charge in [-0.2, -0.15) is 4.52 Å². The molecule has 2 amide bonds. The van der Waals surface area contributed by atoms with Crippen LogP contribution in [0.25, 0.3) is 5.78 Å². The summed E-state index contributed by atoms with van der Waals surface area (Å²) < 4.78 is 12.0. The zero-order valence-electron chi connectivity index (χ0n) is 13.2. The molecule has 4 rings (SSSR count). The Bertz CT molecular complexity index is 1020. The van der Waals surface area contributed by atoms with Crippen LogP contribution < -0.4 is 25.7 Å². The van der Waals surface area contributed by atoms with E-state index in [2.05, 4.69) is 25.7 Å². The number of fused-ring (bicyclic) bond motifs is 2. The van der Waals surface area contributed by atoms with E-state index in [-0.39, 0.29) is 11.5 Å². The topological polar surface area (TPSA) is 123 Å². The first-order valence-corrected chi connectivity index (χ1v) is 7.52. The molecule has 3 aromatic rings. The zero-order valence-corrected chi connectivity index (χ0v) is 13.2. The molecule has 0 aliphatic carbocycles. The number of amides is 2. The predicted molar refractivity (Wildman–Crippen MR) is 88.4 cm³/mol. The van der Waals surface area contributed by atoms with Crippen molar-refractivity contribution in [2.24, 2.45) is 0 Å². The number of hydrogen-bond acceptors (Lipinski definition) is 6. The second-order valence-electron chi connectivity index (χ2n) is 5.34. The van der Waals surface area contributed by atoms with Gasteiger partial charge in [0.05, 0.1) is 5.69 Å². The van der Waals surface area contributed by atoms with Crippen molar-refractivity contribution in [3.63, 3.8) is 0 Å². The van der Waals surface area contributed by atoms with Crippen LogP contribution >= 0.6 is 0 Å². The van der Waals surface area contributed by atoms with Gasteiger partial charge in [-0.05, 0) is 19.1 Å². The summed E-state index contributed by atoms with van der Waals surface area (Å²) in [6, 6.07) is 4.48. The van der Waals surface area contributed by atoms with E-state index in [0.717, 1.165) is 4.52 Å². The minimum Gasteiger partial charge on any atom is -0.486 e. The van der Waals surface area contributed by atoms with Gasteiger partial charge in [-0.3, -0.25) is 9.89 Å². The number of nitrogens with zero attached hydrogens (tertiary/aromatic N) is 3. The van der Waals surface area contributed by atoms with E-state index >= 15 is 0 Å². The van der Waals surface area contributed by atoms with E-state index < -0.39 is 11.6 Å². The summed E-state index contributed by atoms with van der Waals surface area (Å²) in [5, 5.41) is 7.81. The zero-order chi connectivity index (χ0) is 17.4. The second kappa shape index (κ2) is 5.82. The molecule has 0 spiro atoms. The number of H-pyrrole nitrogens is 1. The molecule has 0 unspecified atom stereocenters. The van der Waals surface area contributed by atoms with Gasteiger partial charge in [0.25, 0.3) is 11.3 Å². The van der Waals surface area contributed by atoms with Crippen LogP contribution in [0.4, 0.5) is 16.2 Å². The Kier molecular flexibility index (Phi) is 3.49. The molecule has 1 aliphatic rings. The number of urea groups is 1. The monoisotopic (exact) mass is 342 g/mol. The molecular formula is C15H14N6O4. The van der Waals surface area contributed by atoms with E-state index in [1.54, 1.807) is 25.1 Å². The average molecular weight is 342 g/mol. The van der Waals surface area contributed by atoms with Crippen LogP contribution in [0.2, 0.25) is 0 Å². The molecule has 10 nitrogen and oxygen atoms in total. The van der Waals surface area contributed by atoms with Crippen molar-refractivity contribution >= 4 is 23.2 Å². The Morgan fingerprint density at radius 3 is 2.88 bits per heavy atom. The van der Waals surface area contributed by atoms with Crippen molar-refractivity contribution in [3.8, 4) is 11.5 Å². The Hall–Kier alpha value is -3.56. The van der Waals surface area contributed by atoms with E-state index in [1.165, 1.54) is 6.33 Å². The lowest BCUT2D eigenvalue weighted by Gasteiger charge is -2.19. The molecule has 10 heteroatoms. The van der Waals surface area contributed by atoms with Crippen molar-refractivity contribution in [3.05, 3.63) is 40.6 Å². The fourth-order valence-corrected chi connectivity index (χ4v) is 2.50. The number of aryl methyl sites for hydroxylation is 1. The van der Waals surface area contributed by atoms with Crippen molar-refractivity contribution in [2.45, 2.75) is 6.92 Å². The largest absolute Gasteiger partial charge is 0.486 e. The van der Waals surface area contributed by atoms with Gasteiger partial charge in [-0.15, -0.1) is 0 Å². The number of carbonyl (C=O) groups excluding carboxylic acids is 1. The molecule has 0 radical (unpaired) electrons. The standard InChI is InChI=1S/C15H14N6O4/c1-8-12(13(22)21-14(18-8)16-7-17-21)20-15(23)19-9-2-3-10-11(6-9)25-5-4-24-10/h2-3,6-7H,4-5H2,1H3,(H,16,17,18)(H2,19,20,23). The molecule has 0 atom stereocenters. The number of benzene rings is 1. The van der Waals surface area contributed by atoms with Crippen molar-refractivity contribution in [1.82, 2.24) is 19.6 Å². The van der Waals surface area contributed by atoms with Gasteiger partial charge in [0.15, 0.2) is 11.5 Å². The maximum absolute atomic E-state index is 12.4. The van der Waals surface area contributed by atoms with Crippen LogP contribution in [0.5, 0.6) is 11.5 Å². The Morgan fingerprint density at radius 2 is 2.04 bits per heavy atom. The van der Waals surface area contributed by atoms with Crippen LogP contribution in [0.3, 0.4) is 0 Å². The first-order valence-electron chi connectivity index (χ1n) is 7.52. The van der Waals surface area contributed by atoms with Gasteiger partial charge in [-0.1, -0.05) is 0 Å². The van der Waals surface area contributed by atoms with Crippen LogP contribution in [0, 0.1) is 6.92 Å². The normalized spacial score (nSPS) is 12.8. The summed E-state index contributed by atoms with van der Waals surface area (Å²) in [6.45, 7) is 2.57. The molecule has 3 N–H and O–H groups in total. The summed E-state index contributed by atoms with van der Waals surface area (Å²) >= 11 is 0. The van der Waals surface area contributed by atoms with Crippen LogP contribution in [0.15, 0.2) is 29.3 Å².